The van der Waals surface area contributed by atoms with E-state index in [1.807, 2.05) is 55.5 Å². The maximum absolute atomic E-state index is 11.8. The summed E-state index contributed by atoms with van der Waals surface area (Å²) in [6.45, 7) is 9.10. The molecule has 3 heterocycles. The van der Waals surface area contributed by atoms with E-state index in [9.17, 15) is 9.90 Å². The van der Waals surface area contributed by atoms with Crippen LogP contribution in [0.15, 0.2) is 48.5 Å². The van der Waals surface area contributed by atoms with Gasteiger partial charge in [-0.15, -0.1) is 0 Å². The highest BCUT2D eigenvalue weighted by molar-refractivity contribution is 5.73. The molecule has 0 saturated carbocycles. The third-order valence-electron chi connectivity index (χ3n) is 8.04. The topological polar surface area (TPSA) is 102 Å². The van der Waals surface area contributed by atoms with Crippen molar-refractivity contribution in [2.45, 2.75) is 64.1 Å². The van der Waals surface area contributed by atoms with Crippen molar-refractivity contribution in [2.75, 3.05) is 39.4 Å². The van der Waals surface area contributed by atoms with Gasteiger partial charge < -0.3 is 39.6 Å². The van der Waals surface area contributed by atoms with Gasteiger partial charge in [-0.25, -0.2) is 4.79 Å². The third-order valence-corrected chi connectivity index (χ3v) is 8.04. The Kier molecular flexibility index (Phi) is 9.17. The van der Waals surface area contributed by atoms with Gasteiger partial charge in [0.05, 0.1) is 32.0 Å². The second-order valence-electron chi connectivity index (χ2n) is 10.7. The molecule has 9 heteroatoms. The number of rotatable bonds is 8. The number of nitrogens with zero attached hydrogens (tertiary/aromatic N) is 1. The number of hydrogen-bond acceptors (Lipinski definition) is 7. The van der Waals surface area contributed by atoms with Crippen LogP contribution in [0.3, 0.4) is 0 Å². The number of amides is 2. The number of urea groups is 1. The van der Waals surface area contributed by atoms with Crippen molar-refractivity contribution >= 4 is 6.03 Å². The minimum Gasteiger partial charge on any atom is -0.392 e. The Balaban J connectivity index is 1.29. The predicted molar refractivity (Wildman–Crippen MR) is 146 cm³/mol. The van der Waals surface area contributed by atoms with Crippen LogP contribution in [-0.2, 0) is 32.1 Å². The molecule has 0 aromatic heterocycles. The van der Waals surface area contributed by atoms with Gasteiger partial charge in [-0.1, -0.05) is 55.5 Å². The molecule has 5 rings (SSSR count). The molecule has 212 valence electrons. The molecule has 0 radical (unpaired) electrons. The van der Waals surface area contributed by atoms with Crippen LogP contribution >= 0.6 is 0 Å². The largest absolute Gasteiger partial charge is 0.392 e. The average molecular weight is 540 g/mol. The first-order valence-electron chi connectivity index (χ1n) is 14.1. The molecule has 3 aliphatic heterocycles. The van der Waals surface area contributed by atoms with Crippen LogP contribution in [0.5, 0.6) is 0 Å². The number of aliphatic hydroxyl groups is 1. The van der Waals surface area contributed by atoms with Crippen molar-refractivity contribution in [1.82, 2.24) is 15.5 Å². The van der Waals surface area contributed by atoms with Crippen LogP contribution in [0.25, 0.3) is 0 Å². The van der Waals surface area contributed by atoms with Gasteiger partial charge in [0.1, 0.15) is 0 Å². The smallest absolute Gasteiger partial charge is 0.315 e. The van der Waals surface area contributed by atoms with Gasteiger partial charge in [0, 0.05) is 57.0 Å². The highest BCUT2D eigenvalue weighted by Gasteiger charge is 2.43. The molecule has 2 aromatic rings. The van der Waals surface area contributed by atoms with Crippen molar-refractivity contribution in [3.05, 3.63) is 70.8 Å². The first-order valence-corrected chi connectivity index (χ1v) is 14.1. The normalized spacial score (nSPS) is 26.9. The van der Waals surface area contributed by atoms with Crippen molar-refractivity contribution < 1.29 is 28.8 Å². The van der Waals surface area contributed by atoms with Crippen molar-refractivity contribution in [3.8, 4) is 0 Å². The lowest BCUT2D eigenvalue weighted by Gasteiger charge is -2.44. The van der Waals surface area contributed by atoms with Gasteiger partial charge in [0.2, 0.25) is 0 Å². The summed E-state index contributed by atoms with van der Waals surface area (Å²) in [6.07, 6.45) is 1.03. The van der Waals surface area contributed by atoms with E-state index in [0.29, 0.717) is 26.3 Å². The predicted octanol–water partition coefficient (Wildman–Crippen LogP) is 3.63. The Hall–Kier alpha value is -2.53. The molecule has 1 spiro atoms. The van der Waals surface area contributed by atoms with Crippen molar-refractivity contribution in [1.29, 1.82) is 0 Å². The number of carbonyl (C=O) groups is 1. The molecule has 0 aliphatic carbocycles. The van der Waals surface area contributed by atoms with Crippen molar-refractivity contribution in [2.24, 2.45) is 5.92 Å². The maximum Gasteiger partial charge on any atom is 0.315 e. The quantitative estimate of drug-likeness (QED) is 0.471. The van der Waals surface area contributed by atoms with Gasteiger partial charge in [0.15, 0.2) is 12.1 Å². The Labute approximate surface area is 230 Å². The second kappa shape index (κ2) is 12.8. The Bertz CT molecular complexity index is 1060. The number of benzene rings is 2. The summed E-state index contributed by atoms with van der Waals surface area (Å²) in [5.74, 6) is -0.275. The lowest BCUT2D eigenvalue weighted by Crippen LogP contribution is -2.50. The highest BCUT2D eigenvalue weighted by atomic mass is 16.7. The fourth-order valence-electron chi connectivity index (χ4n) is 5.64. The molecule has 3 aliphatic rings. The first kappa shape index (κ1) is 28.0. The molecular formula is C30H41N3O6. The molecular weight excluding hydrogens is 498 g/mol. The zero-order chi connectivity index (χ0) is 27.2. The van der Waals surface area contributed by atoms with Crippen LogP contribution < -0.4 is 10.6 Å². The molecule has 2 amide bonds. The molecule has 4 atom stereocenters. The molecule has 3 N–H and O–H groups in total. The second-order valence-corrected chi connectivity index (χ2v) is 10.7. The maximum atomic E-state index is 11.8. The molecule has 9 nitrogen and oxygen atoms in total. The summed E-state index contributed by atoms with van der Waals surface area (Å²) >= 11 is 0. The van der Waals surface area contributed by atoms with E-state index in [1.165, 1.54) is 0 Å². The van der Waals surface area contributed by atoms with Crippen LogP contribution in [0.2, 0.25) is 0 Å². The SMILES string of the molecule is CCNC(=O)NCc1ccc(C2O[C@H](CN3CCC4(CC3)OCCO4)[C@H](C)[C@H](c3ccc(CO)cc3)O2)cc1. The van der Waals surface area contributed by atoms with E-state index in [4.69, 9.17) is 18.9 Å². The Morgan fingerprint density at radius 3 is 2.23 bits per heavy atom. The van der Waals surface area contributed by atoms with Crippen molar-refractivity contribution in [3.63, 3.8) is 0 Å². The fourth-order valence-corrected chi connectivity index (χ4v) is 5.64. The molecule has 0 bridgehead atoms. The number of ether oxygens (including phenoxy) is 4. The van der Waals surface area contributed by atoms with Crippen LogP contribution in [0, 0.1) is 5.92 Å². The number of likely N-dealkylation sites (tertiary alicyclic amines) is 1. The van der Waals surface area contributed by atoms with Gasteiger partial charge in [0.25, 0.3) is 0 Å². The van der Waals surface area contributed by atoms with E-state index in [1.54, 1.807) is 0 Å². The summed E-state index contributed by atoms with van der Waals surface area (Å²) in [6, 6.07) is 15.8. The summed E-state index contributed by atoms with van der Waals surface area (Å²) in [5, 5.41) is 15.1. The summed E-state index contributed by atoms with van der Waals surface area (Å²) < 4.78 is 25.0. The number of hydrogen-bond donors (Lipinski definition) is 3. The average Bonchev–Trinajstić information content (AvgIpc) is 3.43. The fraction of sp³-hybridized carbons (Fsp3) is 0.567. The number of aliphatic hydroxyl groups excluding tert-OH is 1. The first-order chi connectivity index (χ1) is 19.0. The van der Waals surface area contributed by atoms with Crippen LogP contribution in [-0.4, -0.2) is 67.3 Å². The Morgan fingerprint density at radius 2 is 1.59 bits per heavy atom. The van der Waals surface area contributed by atoms with Gasteiger partial charge >= 0.3 is 6.03 Å². The minimum atomic E-state index is -0.517. The van der Waals surface area contributed by atoms with Gasteiger partial charge in [-0.3, -0.25) is 0 Å². The zero-order valence-corrected chi connectivity index (χ0v) is 22.9. The molecule has 2 aromatic carbocycles. The monoisotopic (exact) mass is 539 g/mol. The molecule has 39 heavy (non-hydrogen) atoms. The minimum absolute atomic E-state index is 0.0148. The molecule has 3 fully saturated rings. The summed E-state index contributed by atoms with van der Waals surface area (Å²) in [4.78, 5) is 14.2. The third kappa shape index (κ3) is 6.80. The Morgan fingerprint density at radius 1 is 0.949 bits per heavy atom. The highest BCUT2D eigenvalue weighted by Crippen LogP contribution is 2.42. The standard InChI is InChI=1S/C30H41N3O6/c1-3-31-29(35)32-18-22-4-10-25(11-5-22)28-38-26(19-33-14-12-30(13-15-33)36-16-17-37-30)21(2)27(39-28)24-8-6-23(20-34)7-9-24/h4-11,21,26-28,34H,3,12-20H2,1-2H3,(H2,31,32,35)/t21-,26+,27+,28?/m0/s1. The summed E-state index contributed by atoms with van der Waals surface area (Å²) in [5.41, 5.74) is 3.89. The van der Waals surface area contributed by atoms with E-state index < -0.39 is 12.1 Å². The number of nitrogens with one attached hydrogen (secondary N) is 2. The van der Waals surface area contributed by atoms with E-state index >= 15 is 0 Å². The summed E-state index contributed by atoms with van der Waals surface area (Å²) in [7, 11) is 0. The zero-order valence-electron chi connectivity index (χ0n) is 22.9. The molecule has 3 saturated heterocycles. The van der Waals surface area contributed by atoms with Gasteiger partial charge in [-0.2, -0.15) is 0 Å². The van der Waals surface area contributed by atoms with Crippen LogP contribution in [0.4, 0.5) is 4.79 Å². The number of piperidine rings is 1. The van der Waals surface area contributed by atoms with E-state index in [0.717, 1.165) is 54.7 Å². The molecule has 1 unspecified atom stereocenters. The lowest BCUT2D eigenvalue weighted by molar-refractivity contribution is -0.278. The van der Waals surface area contributed by atoms with E-state index in [2.05, 4.69) is 22.5 Å². The number of carbonyl (C=O) groups excluding carboxylic acids is 1. The van der Waals surface area contributed by atoms with Crippen LogP contribution in [0.1, 0.15) is 61.3 Å². The lowest BCUT2D eigenvalue weighted by atomic mass is 9.89. The van der Waals surface area contributed by atoms with E-state index in [-0.39, 0.29) is 30.8 Å². The van der Waals surface area contributed by atoms with Gasteiger partial charge in [-0.05, 0) is 23.6 Å².